The van der Waals surface area contributed by atoms with Crippen LogP contribution >= 0.6 is 0 Å². The molecule has 0 N–H and O–H groups in total. The van der Waals surface area contributed by atoms with Crippen molar-refractivity contribution in [2.75, 3.05) is 7.11 Å². The first-order valence-electron chi connectivity index (χ1n) is 5.00. The summed E-state index contributed by atoms with van der Waals surface area (Å²) in [5.41, 5.74) is -0.530. The number of carbonyl (C=O) groups excluding carboxylic acids is 2. The summed E-state index contributed by atoms with van der Waals surface area (Å²) in [6.07, 6.45) is 3.15. The van der Waals surface area contributed by atoms with Crippen LogP contribution in [0, 0.1) is 0 Å². The van der Waals surface area contributed by atoms with E-state index in [1.165, 1.54) is 7.11 Å². The summed E-state index contributed by atoms with van der Waals surface area (Å²) in [4.78, 5) is 24.8. The van der Waals surface area contributed by atoms with Crippen LogP contribution in [0.4, 0.5) is 4.79 Å². The van der Waals surface area contributed by atoms with Crippen LogP contribution in [0.3, 0.4) is 0 Å². The third-order valence-corrected chi connectivity index (χ3v) is 3.64. The van der Waals surface area contributed by atoms with Crippen molar-refractivity contribution in [3.63, 3.8) is 0 Å². The maximum atomic E-state index is 11.6. The lowest BCUT2D eigenvalue weighted by atomic mass is 9.85. The smallest absolute Gasteiger partial charge is 0.410 e. The summed E-state index contributed by atoms with van der Waals surface area (Å²) < 4.78 is 4.72. The van der Waals surface area contributed by atoms with E-state index in [1.807, 2.05) is 0 Å². The molecule has 2 aliphatic rings. The molecule has 0 spiro atoms. The highest BCUT2D eigenvalue weighted by Gasteiger charge is 2.57. The van der Waals surface area contributed by atoms with Gasteiger partial charge in [-0.1, -0.05) is 0 Å². The summed E-state index contributed by atoms with van der Waals surface area (Å²) in [5.74, 6) is 0.0999. The fraction of sp³-hybridized carbons (Fsp3) is 0.800. The number of ketones is 1. The number of Topliss-reactive ketones (excluding diaryl/α,β-unsaturated/α-hetero) is 1. The SMILES string of the molecule is COC(=O)N1C2CCC1(C(C)=O)CC2. The quantitative estimate of drug-likeness (QED) is 0.637. The number of fused-ring (bicyclic) bond motifs is 2. The summed E-state index contributed by atoms with van der Waals surface area (Å²) >= 11 is 0. The number of methoxy groups -OCH3 is 1. The standard InChI is InChI=1S/C10H15NO3/c1-7(12)10-5-3-8(4-6-10)11(10)9(13)14-2/h8H,3-6H2,1-2H3. The van der Waals surface area contributed by atoms with Crippen LogP contribution in [0.2, 0.25) is 0 Å². The Morgan fingerprint density at radius 2 is 1.93 bits per heavy atom. The van der Waals surface area contributed by atoms with Crippen LogP contribution < -0.4 is 0 Å². The zero-order chi connectivity index (χ0) is 10.3. The fourth-order valence-electron chi connectivity index (χ4n) is 2.87. The Labute approximate surface area is 83.2 Å². The lowest BCUT2D eigenvalue weighted by Crippen LogP contribution is -2.49. The van der Waals surface area contributed by atoms with Gasteiger partial charge in [0.2, 0.25) is 0 Å². The zero-order valence-corrected chi connectivity index (χ0v) is 8.58. The minimum Gasteiger partial charge on any atom is -0.453 e. The number of hydrogen-bond donors (Lipinski definition) is 0. The van der Waals surface area contributed by atoms with Gasteiger partial charge in [0.05, 0.1) is 7.11 Å². The average Bonchev–Trinajstić information content (AvgIpc) is 2.72. The second kappa shape index (κ2) is 2.97. The van der Waals surface area contributed by atoms with Gasteiger partial charge in [-0.2, -0.15) is 0 Å². The van der Waals surface area contributed by atoms with Crippen molar-refractivity contribution >= 4 is 11.9 Å². The van der Waals surface area contributed by atoms with Crippen molar-refractivity contribution in [3.8, 4) is 0 Å². The second-order valence-corrected chi connectivity index (χ2v) is 4.16. The number of hydrogen-bond acceptors (Lipinski definition) is 3. The first-order chi connectivity index (χ1) is 6.62. The predicted molar refractivity (Wildman–Crippen MR) is 49.9 cm³/mol. The minimum atomic E-state index is -0.530. The van der Waals surface area contributed by atoms with E-state index in [4.69, 9.17) is 4.74 Å². The molecule has 0 atom stereocenters. The third kappa shape index (κ3) is 0.996. The van der Waals surface area contributed by atoms with Crippen molar-refractivity contribution < 1.29 is 14.3 Å². The summed E-state index contributed by atoms with van der Waals surface area (Å²) in [6, 6.07) is 0.228. The molecule has 2 bridgehead atoms. The van der Waals surface area contributed by atoms with E-state index in [0.29, 0.717) is 0 Å². The van der Waals surface area contributed by atoms with Crippen molar-refractivity contribution in [1.82, 2.24) is 4.90 Å². The normalized spacial score (nSPS) is 34.7. The Morgan fingerprint density at radius 3 is 2.36 bits per heavy atom. The van der Waals surface area contributed by atoms with Gasteiger partial charge in [-0.05, 0) is 32.6 Å². The molecule has 0 radical (unpaired) electrons. The second-order valence-electron chi connectivity index (χ2n) is 4.16. The molecule has 2 fully saturated rings. The highest BCUT2D eigenvalue weighted by Crippen LogP contribution is 2.47. The summed E-state index contributed by atoms with van der Waals surface area (Å²) in [6.45, 7) is 1.57. The Bertz CT molecular complexity index is 279. The van der Waals surface area contributed by atoms with Crippen LogP contribution in [0.15, 0.2) is 0 Å². The lowest BCUT2D eigenvalue weighted by Gasteiger charge is -2.31. The molecule has 0 aromatic heterocycles. The average molecular weight is 197 g/mol. The molecule has 0 aliphatic carbocycles. The Morgan fingerprint density at radius 1 is 1.36 bits per heavy atom. The molecule has 4 heteroatoms. The molecule has 4 nitrogen and oxygen atoms in total. The third-order valence-electron chi connectivity index (χ3n) is 3.64. The first-order valence-corrected chi connectivity index (χ1v) is 5.00. The van der Waals surface area contributed by atoms with Gasteiger partial charge in [0.15, 0.2) is 5.78 Å². The molecule has 2 heterocycles. The molecule has 78 valence electrons. The lowest BCUT2D eigenvalue weighted by molar-refractivity contribution is -0.125. The number of amides is 1. The molecule has 0 saturated carbocycles. The van der Waals surface area contributed by atoms with Crippen LogP contribution in [0.1, 0.15) is 32.6 Å². The molecular weight excluding hydrogens is 182 g/mol. The molecule has 2 saturated heterocycles. The maximum absolute atomic E-state index is 11.6. The topological polar surface area (TPSA) is 46.6 Å². The van der Waals surface area contributed by atoms with Gasteiger partial charge in [0.1, 0.15) is 5.54 Å². The molecule has 0 unspecified atom stereocenters. The molecule has 2 aliphatic heterocycles. The number of nitrogens with zero attached hydrogens (tertiary/aromatic N) is 1. The summed E-state index contributed by atoms with van der Waals surface area (Å²) in [7, 11) is 1.37. The van der Waals surface area contributed by atoms with E-state index in [-0.39, 0.29) is 17.9 Å². The molecule has 2 rings (SSSR count). The van der Waals surface area contributed by atoms with Gasteiger partial charge in [-0.25, -0.2) is 4.79 Å². The Kier molecular flexibility index (Phi) is 2.01. The number of carbonyl (C=O) groups is 2. The first kappa shape index (κ1) is 9.49. The van der Waals surface area contributed by atoms with E-state index in [2.05, 4.69) is 0 Å². The minimum absolute atomic E-state index is 0.0999. The highest BCUT2D eigenvalue weighted by atomic mass is 16.5. The van der Waals surface area contributed by atoms with Crippen LogP contribution in [-0.4, -0.2) is 35.5 Å². The maximum Gasteiger partial charge on any atom is 0.410 e. The van der Waals surface area contributed by atoms with Gasteiger partial charge in [0.25, 0.3) is 0 Å². The van der Waals surface area contributed by atoms with Gasteiger partial charge in [-0.3, -0.25) is 9.69 Å². The van der Waals surface area contributed by atoms with E-state index >= 15 is 0 Å². The van der Waals surface area contributed by atoms with Crippen LogP contribution in [0.25, 0.3) is 0 Å². The molecule has 0 aromatic carbocycles. The van der Waals surface area contributed by atoms with E-state index < -0.39 is 5.54 Å². The predicted octanol–water partition coefficient (Wildman–Crippen LogP) is 1.34. The van der Waals surface area contributed by atoms with Crippen molar-refractivity contribution in [2.45, 2.75) is 44.2 Å². The number of ether oxygens (including phenoxy) is 1. The van der Waals surface area contributed by atoms with E-state index in [0.717, 1.165) is 25.7 Å². The fourth-order valence-corrected chi connectivity index (χ4v) is 2.87. The van der Waals surface area contributed by atoms with Gasteiger partial charge < -0.3 is 4.74 Å². The molecule has 14 heavy (non-hydrogen) atoms. The van der Waals surface area contributed by atoms with Gasteiger partial charge in [0, 0.05) is 6.04 Å². The number of rotatable bonds is 1. The summed E-state index contributed by atoms with van der Waals surface area (Å²) in [5, 5.41) is 0. The largest absolute Gasteiger partial charge is 0.453 e. The monoisotopic (exact) mass is 197 g/mol. The molecular formula is C10H15NO3. The van der Waals surface area contributed by atoms with Crippen molar-refractivity contribution in [2.24, 2.45) is 0 Å². The van der Waals surface area contributed by atoms with Gasteiger partial charge in [-0.15, -0.1) is 0 Å². The molecule has 0 aromatic rings. The van der Waals surface area contributed by atoms with E-state index in [9.17, 15) is 9.59 Å². The van der Waals surface area contributed by atoms with Gasteiger partial charge >= 0.3 is 6.09 Å². The Hall–Kier alpha value is -1.06. The van der Waals surface area contributed by atoms with Crippen LogP contribution in [0.5, 0.6) is 0 Å². The van der Waals surface area contributed by atoms with E-state index in [1.54, 1.807) is 11.8 Å². The van der Waals surface area contributed by atoms with Crippen LogP contribution in [-0.2, 0) is 9.53 Å². The zero-order valence-electron chi connectivity index (χ0n) is 8.58. The molecule has 1 amide bonds. The highest BCUT2D eigenvalue weighted by molar-refractivity contribution is 5.91. The van der Waals surface area contributed by atoms with Crippen molar-refractivity contribution in [1.29, 1.82) is 0 Å². The van der Waals surface area contributed by atoms with Crippen molar-refractivity contribution in [3.05, 3.63) is 0 Å². The Balaban J connectivity index is 2.32.